The molecule has 1 amide bonds. The van der Waals surface area contributed by atoms with Crippen LogP contribution in [0.3, 0.4) is 0 Å². The first-order chi connectivity index (χ1) is 7.63. The van der Waals surface area contributed by atoms with Crippen LogP contribution in [0.4, 0.5) is 0 Å². The number of carboxylic acids is 1. The summed E-state index contributed by atoms with van der Waals surface area (Å²) in [7, 11) is 0. The van der Waals surface area contributed by atoms with Crippen molar-refractivity contribution >= 4 is 12.4 Å². The summed E-state index contributed by atoms with van der Waals surface area (Å²) < 4.78 is 0. The van der Waals surface area contributed by atoms with Crippen molar-refractivity contribution in [3.05, 3.63) is 0 Å². The Morgan fingerprint density at radius 3 is 2.75 bits per heavy atom. The number of carbonyl (C=O) groups is 2. The number of amides is 1. The molecular formula is C11H18N2O3. The standard InChI is InChI=1S/C11H18N2O3/c14-8-12-9-4-11(5-9)6-13(7-11)3-1-2-10(15)16/h8-9H,1-7H2,(H,12,14)(H,15,16). The first-order valence-electron chi connectivity index (χ1n) is 5.77. The van der Waals surface area contributed by atoms with Gasteiger partial charge in [-0.25, -0.2) is 0 Å². The highest BCUT2D eigenvalue weighted by Crippen LogP contribution is 2.48. The normalized spacial score (nSPS) is 23.5. The third-order valence-electron chi connectivity index (χ3n) is 3.65. The summed E-state index contributed by atoms with van der Waals surface area (Å²) in [6.45, 7) is 3.03. The molecule has 16 heavy (non-hydrogen) atoms. The number of carbonyl (C=O) groups excluding carboxylic acids is 1. The maximum absolute atomic E-state index is 10.3. The van der Waals surface area contributed by atoms with Gasteiger partial charge in [0.15, 0.2) is 0 Å². The van der Waals surface area contributed by atoms with E-state index in [1.807, 2.05) is 0 Å². The summed E-state index contributed by atoms with van der Waals surface area (Å²) in [6, 6.07) is 0.374. The molecule has 2 fully saturated rings. The van der Waals surface area contributed by atoms with Crippen LogP contribution in [-0.2, 0) is 9.59 Å². The fraction of sp³-hybridized carbons (Fsp3) is 0.818. The minimum absolute atomic E-state index is 0.263. The van der Waals surface area contributed by atoms with Gasteiger partial charge in [-0.3, -0.25) is 9.59 Å². The van der Waals surface area contributed by atoms with Crippen molar-refractivity contribution in [2.75, 3.05) is 19.6 Å². The van der Waals surface area contributed by atoms with Gasteiger partial charge >= 0.3 is 5.97 Å². The molecule has 1 aliphatic heterocycles. The van der Waals surface area contributed by atoms with E-state index in [1.54, 1.807) is 0 Å². The van der Waals surface area contributed by atoms with E-state index in [4.69, 9.17) is 5.11 Å². The average Bonchev–Trinajstić information content (AvgIpc) is 2.09. The third kappa shape index (κ3) is 2.35. The van der Waals surface area contributed by atoms with Crippen LogP contribution in [0.25, 0.3) is 0 Å². The van der Waals surface area contributed by atoms with Crippen molar-refractivity contribution in [2.45, 2.75) is 31.7 Å². The first kappa shape index (κ1) is 11.4. The number of likely N-dealkylation sites (tertiary alicyclic amines) is 1. The molecule has 1 spiro atoms. The SMILES string of the molecule is O=CNC1CC2(C1)CN(CCCC(=O)O)C2. The molecule has 0 aromatic heterocycles. The molecule has 1 aliphatic carbocycles. The lowest BCUT2D eigenvalue weighted by molar-refractivity contribution is -0.137. The van der Waals surface area contributed by atoms with E-state index in [9.17, 15) is 9.59 Å². The third-order valence-corrected chi connectivity index (χ3v) is 3.65. The Labute approximate surface area is 94.8 Å². The Bertz CT molecular complexity index is 279. The van der Waals surface area contributed by atoms with Crippen LogP contribution in [0, 0.1) is 5.41 Å². The molecule has 0 bridgehead atoms. The van der Waals surface area contributed by atoms with Crippen molar-refractivity contribution in [3.8, 4) is 0 Å². The van der Waals surface area contributed by atoms with Crippen LogP contribution in [0.1, 0.15) is 25.7 Å². The predicted molar refractivity (Wildman–Crippen MR) is 58.0 cm³/mol. The number of nitrogens with one attached hydrogen (secondary N) is 1. The smallest absolute Gasteiger partial charge is 0.303 e. The van der Waals surface area contributed by atoms with Crippen LogP contribution in [0.5, 0.6) is 0 Å². The monoisotopic (exact) mass is 226 g/mol. The number of nitrogens with zero attached hydrogens (tertiary/aromatic N) is 1. The van der Waals surface area contributed by atoms with E-state index >= 15 is 0 Å². The number of hydrogen-bond acceptors (Lipinski definition) is 3. The van der Waals surface area contributed by atoms with E-state index in [1.165, 1.54) is 0 Å². The zero-order chi connectivity index (χ0) is 11.6. The molecule has 0 radical (unpaired) electrons. The van der Waals surface area contributed by atoms with Crippen molar-refractivity contribution in [1.82, 2.24) is 10.2 Å². The van der Waals surface area contributed by atoms with Gasteiger partial charge < -0.3 is 15.3 Å². The molecule has 0 unspecified atom stereocenters. The maximum Gasteiger partial charge on any atom is 0.303 e. The maximum atomic E-state index is 10.3. The van der Waals surface area contributed by atoms with Crippen molar-refractivity contribution in [3.63, 3.8) is 0 Å². The Kier molecular flexibility index (Phi) is 3.14. The second-order valence-corrected chi connectivity index (χ2v) is 5.10. The van der Waals surface area contributed by atoms with Crippen LogP contribution in [-0.4, -0.2) is 48.1 Å². The zero-order valence-corrected chi connectivity index (χ0v) is 9.32. The number of rotatable bonds is 6. The van der Waals surface area contributed by atoms with Gasteiger partial charge in [0.2, 0.25) is 6.41 Å². The molecule has 1 saturated heterocycles. The predicted octanol–water partition coefficient (Wildman–Crippen LogP) is 0.0616. The van der Waals surface area contributed by atoms with Gasteiger partial charge in [0, 0.05) is 25.6 Å². The highest BCUT2D eigenvalue weighted by Gasteiger charge is 2.51. The molecule has 0 atom stereocenters. The summed E-state index contributed by atoms with van der Waals surface area (Å²) >= 11 is 0. The van der Waals surface area contributed by atoms with E-state index in [2.05, 4.69) is 10.2 Å². The summed E-state index contributed by atoms with van der Waals surface area (Å²) in [4.78, 5) is 22.9. The molecule has 1 heterocycles. The van der Waals surface area contributed by atoms with E-state index in [0.717, 1.165) is 45.3 Å². The molecular weight excluding hydrogens is 208 g/mol. The van der Waals surface area contributed by atoms with Crippen molar-refractivity contribution < 1.29 is 14.7 Å². The van der Waals surface area contributed by atoms with Crippen LogP contribution in [0.2, 0.25) is 0 Å². The lowest BCUT2D eigenvalue weighted by Crippen LogP contribution is -2.65. The summed E-state index contributed by atoms with van der Waals surface area (Å²) in [5.74, 6) is -0.714. The minimum atomic E-state index is -0.714. The fourth-order valence-electron chi connectivity index (χ4n) is 2.97. The van der Waals surface area contributed by atoms with Crippen LogP contribution < -0.4 is 5.32 Å². The molecule has 5 heteroatoms. The van der Waals surface area contributed by atoms with E-state index in [-0.39, 0.29) is 6.42 Å². The average molecular weight is 226 g/mol. The number of carboxylic acid groups (broad SMARTS) is 1. The fourth-order valence-corrected chi connectivity index (χ4v) is 2.97. The van der Waals surface area contributed by atoms with Gasteiger partial charge in [-0.15, -0.1) is 0 Å². The topological polar surface area (TPSA) is 69.6 Å². The Morgan fingerprint density at radius 1 is 1.50 bits per heavy atom. The molecule has 1 saturated carbocycles. The summed E-state index contributed by atoms with van der Waals surface area (Å²) in [5.41, 5.74) is 0.434. The molecule has 90 valence electrons. The van der Waals surface area contributed by atoms with E-state index in [0.29, 0.717) is 11.5 Å². The lowest BCUT2D eigenvalue weighted by Gasteiger charge is -2.59. The van der Waals surface area contributed by atoms with Gasteiger partial charge in [0.05, 0.1) is 0 Å². The van der Waals surface area contributed by atoms with Gasteiger partial charge in [-0.05, 0) is 31.2 Å². The second kappa shape index (κ2) is 4.41. The van der Waals surface area contributed by atoms with Crippen LogP contribution >= 0.6 is 0 Å². The highest BCUT2D eigenvalue weighted by molar-refractivity contribution is 5.66. The van der Waals surface area contributed by atoms with E-state index < -0.39 is 5.97 Å². The second-order valence-electron chi connectivity index (χ2n) is 5.10. The van der Waals surface area contributed by atoms with Gasteiger partial charge in [-0.1, -0.05) is 0 Å². The summed E-state index contributed by atoms with van der Waals surface area (Å²) in [6.07, 6.45) is 3.95. The Morgan fingerprint density at radius 2 is 2.19 bits per heavy atom. The molecule has 2 aliphatic rings. The quantitative estimate of drug-likeness (QED) is 0.628. The largest absolute Gasteiger partial charge is 0.481 e. The molecule has 0 aromatic carbocycles. The highest BCUT2D eigenvalue weighted by atomic mass is 16.4. The van der Waals surface area contributed by atoms with Crippen LogP contribution in [0.15, 0.2) is 0 Å². The molecule has 5 nitrogen and oxygen atoms in total. The molecule has 0 aromatic rings. The lowest BCUT2D eigenvalue weighted by atomic mass is 9.60. The molecule has 2 N–H and O–H groups in total. The van der Waals surface area contributed by atoms with Crippen molar-refractivity contribution in [2.24, 2.45) is 5.41 Å². The Hall–Kier alpha value is -1.10. The number of aliphatic carboxylic acids is 1. The zero-order valence-electron chi connectivity index (χ0n) is 9.32. The first-order valence-corrected chi connectivity index (χ1v) is 5.77. The van der Waals surface area contributed by atoms with Gasteiger partial charge in [0.25, 0.3) is 0 Å². The van der Waals surface area contributed by atoms with Gasteiger partial charge in [0.1, 0.15) is 0 Å². The van der Waals surface area contributed by atoms with Gasteiger partial charge in [-0.2, -0.15) is 0 Å². The summed E-state index contributed by atoms with van der Waals surface area (Å²) in [5, 5.41) is 11.3. The molecule has 2 rings (SSSR count). The minimum Gasteiger partial charge on any atom is -0.481 e. The van der Waals surface area contributed by atoms with Crippen molar-refractivity contribution in [1.29, 1.82) is 0 Å². The number of hydrogen-bond donors (Lipinski definition) is 2. The Balaban J connectivity index is 1.57.